The maximum Gasteiger partial charge on any atom is 0.450 e. The smallest absolute Gasteiger partial charge is 0.392 e. The summed E-state index contributed by atoms with van der Waals surface area (Å²) in [5, 5.41) is 11.7. The van der Waals surface area contributed by atoms with Gasteiger partial charge in [-0.1, -0.05) is 12.1 Å². The van der Waals surface area contributed by atoms with Gasteiger partial charge in [-0.25, -0.2) is 13.8 Å². The van der Waals surface area contributed by atoms with Crippen molar-refractivity contribution in [2.24, 2.45) is 0 Å². The van der Waals surface area contributed by atoms with E-state index in [0.717, 1.165) is 16.7 Å². The zero-order chi connectivity index (χ0) is 23.0. The van der Waals surface area contributed by atoms with Crippen LogP contribution in [0, 0.1) is 11.6 Å². The molecule has 32 heavy (non-hydrogen) atoms. The van der Waals surface area contributed by atoms with Crippen LogP contribution >= 0.6 is 0 Å². The van der Waals surface area contributed by atoms with Gasteiger partial charge in [-0.3, -0.25) is 9.36 Å². The molecule has 0 radical (unpaired) electrons. The van der Waals surface area contributed by atoms with Crippen LogP contribution in [0.3, 0.4) is 0 Å². The zero-order valence-electron chi connectivity index (χ0n) is 16.1. The van der Waals surface area contributed by atoms with E-state index in [2.05, 4.69) is 10.3 Å². The number of carbonyl (C=O) groups is 1. The fourth-order valence-corrected chi connectivity index (χ4v) is 3.24. The van der Waals surface area contributed by atoms with Gasteiger partial charge in [0.2, 0.25) is 5.82 Å². The Labute approximate surface area is 177 Å². The number of nitrogens with one attached hydrogen (secondary N) is 1. The summed E-state index contributed by atoms with van der Waals surface area (Å²) >= 11 is 0. The van der Waals surface area contributed by atoms with Crippen molar-refractivity contribution in [3.05, 3.63) is 89.2 Å². The molecule has 0 unspecified atom stereocenters. The fourth-order valence-electron chi connectivity index (χ4n) is 3.24. The molecule has 2 N–H and O–H groups in total. The predicted molar refractivity (Wildman–Crippen MR) is 106 cm³/mol. The van der Waals surface area contributed by atoms with Crippen molar-refractivity contribution in [1.82, 2.24) is 9.55 Å². The van der Waals surface area contributed by atoms with Gasteiger partial charge in [0.15, 0.2) is 11.6 Å². The van der Waals surface area contributed by atoms with Crippen LogP contribution in [0.25, 0.3) is 16.7 Å². The highest BCUT2D eigenvalue weighted by molar-refractivity contribution is 6.04. The van der Waals surface area contributed by atoms with Gasteiger partial charge in [-0.15, -0.1) is 0 Å². The van der Waals surface area contributed by atoms with Gasteiger partial charge in [-0.05, 0) is 54.1 Å². The second-order valence-electron chi connectivity index (χ2n) is 6.85. The maximum atomic E-state index is 13.8. The third-order valence-corrected chi connectivity index (χ3v) is 4.73. The Morgan fingerprint density at radius 2 is 1.75 bits per heavy atom. The van der Waals surface area contributed by atoms with Crippen molar-refractivity contribution < 1.29 is 31.9 Å². The topological polar surface area (TPSA) is 67.2 Å². The first-order valence-electron chi connectivity index (χ1n) is 9.24. The van der Waals surface area contributed by atoms with Crippen LogP contribution < -0.4 is 5.32 Å². The summed E-state index contributed by atoms with van der Waals surface area (Å²) in [6.45, 7) is -0.357. The van der Waals surface area contributed by atoms with Crippen molar-refractivity contribution in [3.8, 4) is 5.69 Å². The molecular formula is C22H14F5N3O2. The van der Waals surface area contributed by atoms with Crippen molar-refractivity contribution in [2.75, 3.05) is 5.32 Å². The number of aliphatic hydroxyl groups excluding tert-OH is 1. The Kier molecular flexibility index (Phi) is 5.39. The van der Waals surface area contributed by atoms with E-state index in [0.29, 0.717) is 5.56 Å². The third-order valence-electron chi connectivity index (χ3n) is 4.73. The largest absolute Gasteiger partial charge is 0.450 e. The number of nitrogens with zero attached hydrogens (tertiary/aromatic N) is 2. The molecule has 1 heterocycles. The number of carbonyl (C=O) groups excluding carboxylic acids is 1. The lowest BCUT2D eigenvalue weighted by atomic mass is 10.2. The number of rotatable bonds is 4. The van der Waals surface area contributed by atoms with Crippen LogP contribution in [-0.4, -0.2) is 20.6 Å². The molecule has 1 amide bonds. The molecule has 4 rings (SSSR count). The van der Waals surface area contributed by atoms with E-state index in [1.807, 2.05) is 0 Å². The molecule has 5 nitrogen and oxygen atoms in total. The summed E-state index contributed by atoms with van der Waals surface area (Å²) in [6.07, 6.45) is -4.75. The van der Waals surface area contributed by atoms with Gasteiger partial charge >= 0.3 is 6.18 Å². The fraction of sp³-hybridized carbons (Fsp3) is 0.0909. The number of aromatic nitrogens is 2. The molecule has 0 bridgehead atoms. The summed E-state index contributed by atoms with van der Waals surface area (Å²) < 4.78 is 68.9. The van der Waals surface area contributed by atoms with Gasteiger partial charge in [0, 0.05) is 11.4 Å². The molecule has 10 heteroatoms. The van der Waals surface area contributed by atoms with Gasteiger partial charge in [0.25, 0.3) is 5.91 Å². The van der Waals surface area contributed by atoms with E-state index >= 15 is 0 Å². The molecule has 0 aliphatic rings. The SMILES string of the molecule is O=C(Nc1ccc(-n2c(C(F)(F)F)nc3ccc(CO)cc32)cc1)c1cccc(F)c1F. The van der Waals surface area contributed by atoms with Crippen molar-refractivity contribution >= 4 is 22.6 Å². The zero-order valence-corrected chi connectivity index (χ0v) is 16.1. The van der Waals surface area contributed by atoms with Gasteiger partial charge in [0.1, 0.15) is 0 Å². The lowest BCUT2D eigenvalue weighted by Gasteiger charge is -2.13. The van der Waals surface area contributed by atoms with E-state index < -0.39 is 35.1 Å². The maximum absolute atomic E-state index is 13.8. The van der Waals surface area contributed by atoms with E-state index in [-0.39, 0.29) is 29.0 Å². The van der Waals surface area contributed by atoms with Crippen LogP contribution in [-0.2, 0) is 12.8 Å². The number of hydrogen-bond donors (Lipinski definition) is 2. The summed E-state index contributed by atoms with van der Waals surface area (Å²) in [5.74, 6) is -4.55. The molecule has 0 saturated carbocycles. The molecule has 0 saturated heterocycles. The lowest BCUT2D eigenvalue weighted by Crippen LogP contribution is -2.15. The van der Waals surface area contributed by atoms with Gasteiger partial charge in [-0.2, -0.15) is 13.2 Å². The number of amides is 1. The quantitative estimate of drug-likeness (QED) is 0.430. The summed E-state index contributed by atoms with van der Waals surface area (Å²) in [6, 6.07) is 12.7. The molecule has 0 fully saturated rings. The summed E-state index contributed by atoms with van der Waals surface area (Å²) in [4.78, 5) is 15.9. The van der Waals surface area contributed by atoms with Crippen molar-refractivity contribution in [3.63, 3.8) is 0 Å². The first-order valence-corrected chi connectivity index (χ1v) is 9.24. The highest BCUT2D eigenvalue weighted by atomic mass is 19.4. The van der Waals surface area contributed by atoms with Crippen LogP contribution in [0.1, 0.15) is 21.7 Å². The number of alkyl halides is 3. The normalized spacial score (nSPS) is 11.7. The lowest BCUT2D eigenvalue weighted by molar-refractivity contribution is -0.145. The Morgan fingerprint density at radius 1 is 1.03 bits per heavy atom. The monoisotopic (exact) mass is 447 g/mol. The molecule has 4 aromatic rings. The first kappa shape index (κ1) is 21.4. The molecule has 3 aromatic carbocycles. The van der Waals surface area contributed by atoms with E-state index in [1.165, 1.54) is 48.5 Å². The minimum atomic E-state index is -4.75. The van der Waals surface area contributed by atoms with Crippen LogP contribution in [0.5, 0.6) is 0 Å². The minimum Gasteiger partial charge on any atom is -0.392 e. The number of aliphatic hydroxyl groups is 1. The summed E-state index contributed by atoms with van der Waals surface area (Å²) in [5.41, 5.74) is 0.399. The highest BCUT2D eigenvalue weighted by Crippen LogP contribution is 2.34. The first-order chi connectivity index (χ1) is 15.2. The molecule has 0 aliphatic carbocycles. The molecule has 0 aliphatic heterocycles. The van der Waals surface area contributed by atoms with Crippen LogP contribution in [0.2, 0.25) is 0 Å². The molecule has 0 atom stereocenters. The predicted octanol–water partition coefficient (Wildman–Crippen LogP) is 5.07. The van der Waals surface area contributed by atoms with E-state index in [9.17, 15) is 31.9 Å². The number of halogens is 5. The number of fused-ring (bicyclic) bond motifs is 1. The second kappa shape index (κ2) is 8.04. The standard InChI is InChI=1S/C22H14F5N3O2/c23-16-3-1-2-15(19(16)24)20(32)28-13-5-7-14(8-6-13)30-18-10-12(11-31)4-9-17(18)29-21(30)22(25,26)27/h1-10,31H,11H2,(H,28,32). The minimum absolute atomic E-state index is 0.0912. The van der Waals surface area contributed by atoms with E-state index in [1.54, 1.807) is 0 Å². The number of imidazole rings is 1. The number of hydrogen-bond acceptors (Lipinski definition) is 3. The molecule has 1 aromatic heterocycles. The van der Waals surface area contributed by atoms with Crippen molar-refractivity contribution in [1.29, 1.82) is 0 Å². The van der Waals surface area contributed by atoms with Crippen LogP contribution in [0.4, 0.5) is 27.6 Å². The average Bonchev–Trinajstić information content (AvgIpc) is 3.15. The average molecular weight is 447 g/mol. The highest BCUT2D eigenvalue weighted by Gasteiger charge is 2.38. The van der Waals surface area contributed by atoms with E-state index in [4.69, 9.17) is 0 Å². The Hall–Kier alpha value is -3.79. The summed E-state index contributed by atoms with van der Waals surface area (Å²) in [7, 11) is 0. The molecule has 164 valence electrons. The van der Waals surface area contributed by atoms with Crippen LogP contribution in [0.15, 0.2) is 60.7 Å². The number of benzene rings is 3. The molecular weight excluding hydrogens is 433 g/mol. The third kappa shape index (κ3) is 3.92. The Morgan fingerprint density at radius 3 is 2.41 bits per heavy atom. The number of anilines is 1. The second-order valence-corrected chi connectivity index (χ2v) is 6.85. The van der Waals surface area contributed by atoms with Crippen molar-refractivity contribution in [2.45, 2.75) is 12.8 Å². The molecule has 0 spiro atoms. The van der Waals surface area contributed by atoms with Gasteiger partial charge < -0.3 is 10.4 Å². The van der Waals surface area contributed by atoms with Gasteiger partial charge in [0.05, 0.1) is 23.2 Å². The Balaban J connectivity index is 1.71. The Bertz CT molecular complexity index is 1310.